The molecule has 1 N–H and O–H groups in total. The van der Waals surface area contributed by atoms with Gasteiger partial charge in [-0.3, -0.25) is 4.79 Å². The number of hydrogen-bond donors (Lipinski definition) is 1. The van der Waals surface area contributed by atoms with E-state index >= 15 is 0 Å². The van der Waals surface area contributed by atoms with Crippen LogP contribution in [-0.2, 0) is 11.4 Å². The number of fused-ring (bicyclic) bond motifs is 2. The summed E-state index contributed by atoms with van der Waals surface area (Å²) < 4.78 is 9.62. The van der Waals surface area contributed by atoms with Crippen molar-refractivity contribution in [1.82, 2.24) is 29.6 Å². The summed E-state index contributed by atoms with van der Waals surface area (Å²) >= 11 is 0. The van der Waals surface area contributed by atoms with Crippen LogP contribution >= 0.6 is 0 Å². The summed E-state index contributed by atoms with van der Waals surface area (Å²) in [7, 11) is 0. The van der Waals surface area contributed by atoms with Gasteiger partial charge in [-0.05, 0) is 44.5 Å². The Morgan fingerprint density at radius 1 is 1.00 bits per heavy atom. The van der Waals surface area contributed by atoms with Crippen molar-refractivity contribution in [3.63, 3.8) is 0 Å². The second-order valence-corrected chi connectivity index (χ2v) is 9.09. The molecule has 0 aliphatic carbocycles. The van der Waals surface area contributed by atoms with Crippen LogP contribution in [0.15, 0.2) is 60.7 Å². The van der Waals surface area contributed by atoms with E-state index in [9.17, 15) is 4.79 Å². The third-order valence-corrected chi connectivity index (χ3v) is 6.50. The van der Waals surface area contributed by atoms with Gasteiger partial charge in [0.25, 0.3) is 0 Å². The van der Waals surface area contributed by atoms with Crippen LogP contribution in [0.25, 0.3) is 11.5 Å². The predicted octanol–water partition coefficient (Wildman–Crippen LogP) is 4.29. The van der Waals surface area contributed by atoms with Gasteiger partial charge in [-0.1, -0.05) is 48.0 Å². The fraction of sp³-hybridized carbons (Fsp3) is 0.222. The molecule has 0 fully saturated rings. The van der Waals surface area contributed by atoms with Crippen molar-refractivity contribution >= 4 is 17.4 Å². The summed E-state index contributed by atoms with van der Waals surface area (Å²) in [6.45, 7) is 6.31. The molecule has 1 aliphatic rings. The lowest BCUT2D eigenvalue weighted by molar-refractivity contribution is -0.116. The monoisotopic (exact) mass is 479 g/mol. The van der Waals surface area contributed by atoms with E-state index in [1.165, 1.54) is 5.56 Å². The van der Waals surface area contributed by atoms with Gasteiger partial charge >= 0.3 is 0 Å². The van der Waals surface area contributed by atoms with Crippen LogP contribution < -0.4 is 10.1 Å². The first kappa shape index (κ1) is 22.0. The molecular weight excluding hydrogens is 454 g/mol. The zero-order chi connectivity index (χ0) is 24.8. The van der Waals surface area contributed by atoms with Crippen LogP contribution in [0.2, 0.25) is 0 Å². The van der Waals surface area contributed by atoms with Crippen LogP contribution in [0.1, 0.15) is 46.1 Å². The Morgan fingerprint density at radius 2 is 1.86 bits per heavy atom. The molecule has 5 aromatic rings. The van der Waals surface area contributed by atoms with E-state index in [4.69, 9.17) is 9.84 Å². The van der Waals surface area contributed by atoms with Crippen molar-refractivity contribution in [2.45, 2.75) is 39.7 Å². The summed E-state index contributed by atoms with van der Waals surface area (Å²) in [6, 6.07) is 19.8. The number of hydrogen-bond acceptors (Lipinski definition) is 6. The summed E-state index contributed by atoms with van der Waals surface area (Å²) in [4.78, 5) is 12.9. The molecule has 0 spiro atoms. The highest BCUT2D eigenvalue weighted by molar-refractivity contribution is 5.95. The Bertz CT molecular complexity index is 1620. The molecule has 4 heterocycles. The van der Waals surface area contributed by atoms with Gasteiger partial charge < -0.3 is 10.1 Å². The number of rotatable bonds is 5. The van der Waals surface area contributed by atoms with E-state index in [-0.39, 0.29) is 11.8 Å². The molecule has 180 valence electrons. The van der Waals surface area contributed by atoms with Gasteiger partial charge in [0.15, 0.2) is 17.3 Å². The maximum absolute atomic E-state index is 12.9. The van der Waals surface area contributed by atoms with Crippen molar-refractivity contribution in [3.8, 4) is 11.6 Å². The minimum atomic E-state index is -0.198. The van der Waals surface area contributed by atoms with E-state index in [0.717, 1.165) is 28.1 Å². The lowest BCUT2D eigenvalue weighted by Crippen LogP contribution is -2.25. The Labute approximate surface area is 207 Å². The van der Waals surface area contributed by atoms with E-state index in [2.05, 4.69) is 45.7 Å². The molecule has 0 saturated carbocycles. The van der Waals surface area contributed by atoms with Gasteiger partial charge in [0.1, 0.15) is 18.2 Å². The molecule has 0 bridgehead atoms. The highest BCUT2D eigenvalue weighted by Gasteiger charge is 2.34. The Kier molecular flexibility index (Phi) is 5.25. The van der Waals surface area contributed by atoms with E-state index in [1.54, 1.807) is 9.20 Å². The fourth-order valence-corrected chi connectivity index (χ4v) is 4.84. The molecule has 6 rings (SSSR count). The van der Waals surface area contributed by atoms with Gasteiger partial charge in [-0.25, -0.2) is 0 Å². The van der Waals surface area contributed by atoms with Gasteiger partial charge in [-0.2, -0.15) is 14.3 Å². The van der Waals surface area contributed by atoms with Crippen LogP contribution in [-0.4, -0.2) is 35.5 Å². The maximum Gasteiger partial charge on any atom is 0.226 e. The number of aryl methyl sites for hydroxylation is 3. The van der Waals surface area contributed by atoms with Crippen LogP contribution in [0.3, 0.4) is 0 Å². The molecule has 2 aromatic carbocycles. The Hall–Kier alpha value is -4.53. The average molecular weight is 480 g/mol. The number of benzene rings is 2. The van der Waals surface area contributed by atoms with Crippen LogP contribution in [0.4, 0.5) is 5.82 Å². The first-order valence-corrected chi connectivity index (χ1v) is 11.8. The molecule has 9 nitrogen and oxygen atoms in total. The lowest BCUT2D eigenvalue weighted by Gasteiger charge is -2.26. The molecule has 1 atom stereocenters. The van der Waals surface area contributed by atoms with Crippen molar-refractivity contribution in [1.29, 1.82) is 0 Å². The second kappa shape index (κ2) is 8.60. The van der Waals surface area contributed by atoms with Crippen LogP contribution in [0.5, 0.6) is 5.75 Å². The first-order valence-electron chi connectivity index (χ1n) is 11.8. The topological polar surface area (TPSA) is 99.2 Å². The SMILES string of the molecule is Cc1cccc(COc2ccccc2[C@@H]2CC(=O)Nc3c2c(C)nn3-c2ccc3nnc(C)n3n2)c1. The van der Waals surface area contributed by atoms with E-state index < -0.39 is 0 Å². The van der Waals surface area contributed by atoms with E-state index in [1.807, 2.05) is 56.3 Å². The number of nitrogens with one attached hydrogen (secondary N) is 1. The lowest BCUT2D eigenvalue weighted by atomic mass is 9.85. The van der Waals surface area contributed by atoms with Crippen LogP contribution in [0, 0.1) is 20.8 Å². The zero-order valence-corrected chi connectivity index (χ0v) is 20.3. The number of carbonyl (C=O) groups excluding carboxylic acids is 1. The number of carbonyl (C=O) groups is 1. The Morgan fingerprint density at radius 3 is 2.72 bits per heavy atom. The highest BCUT2D eigenvalue weighted by Crippen LogP contribution is 2.43. The van der Waals surface area contributed by atoms with Gasteiger partial charge in [-0.15, -0.1) is 15.3 Å². The smallest absolute Gasteiger partial charge is 0.226 e. The average Bonchev–Trinajstić information content (AvgIpc) is 3.41. The zero-order valence-electron chi connectivity index (χ0n) is 20.3. The third-order valence-electron chi connectivity index (χ3n) is 6.50. The van der Waals surface area contributed by atoms with Crippen molar-refractivity contribution in [2.75, 3.05) is 5.32 Å². The largest absolute Gasteiger partial charge is 0.489 e. The minimum Gasteiger partial charge on any atom is -0.489 e. The molecule has 0 saturated heterocycles. The maximum atomic E-state index is 12.9. The van der Waals surface area contributed by atoms with Crippen molar-refractivity contribution in [2.24, 2.45) is 0 Å². The normalized spacial score (nSPS) is 15.1. The van der Waals surface area contributed by atoms with Crippen molar-refractivity contribution < 1.29 is 9.53 Å². The van der Waals surface area contributed by atoms with Gasteiger partial charge in [0.2, 0.25) is 5.91 Å². The fourth-order valence-electron chi connectivity index (χ4n) is 4.84. The molecule has 1 amide bonds. The number of nitrogens with zero attached hydrogens (tertiary/aromatic N) is 6. The first-order chi connectivity index (χ1) is 17.5. The number of para-hydroxylation sites is 1. The Balaban J connectivity index is 1.40. The number of amides is 1. The summed E-state index contributed by atoms with van der Waals surface area (Å²) in [5.74, 6) is 2.35. The van der Waals surface area contributed by atoms with E-state index in [0.29, 0.717) is 36.1 Å². The number of aromatic nitrogens is 6. The summed E-state index contributed by atoms with van der Waals surface area (Å²) in [6.07, 6.45) is 0.307. The molecule has 3 aromatic heterocycles. The summed E-state index contributed by atoms with van der Waals surface area (Å²) in [5, 5.41) is 20.6. The van der Waals surface area contributed by atoms with Crippen molar-refractivity contribution in [3.05, 3.63) is 94.4 Å². The molecule has 0 radical (unpaired) electrons. The molecule has 0 unspecified atom stereocenters. The molecule has 9 heteroatoms. The molecule has 1 aliphatic heterocycles. The highest BCUT2D eigenvalue weighted by atomic mass is 16.5. The minimum absolute atomic E-state index is 0.0799. The summed E-state index contributed by atoms with van der Waals surface area (Å²) in [5.41, 5.74) is 5.68. The third kappa shape index (κ3) is 3.78. The van der Waals surface area contributed by atoms with Gasteiger partial charge in [0.05, 0.1) is 5.69 Å². The second-order valence-electron chi connectivity index (χ2n) is 9.09. The molecular formula is C27H25N7O2. The number of anilines is 1. The quantitative estimate of drug-likeness (QED) is 0.404. The predicted molar refractivity (Wildman–Crippen MR) is 134 cm³/mol. The molecule has 36 heavy (non-hydrogen) atoms. The van der Waals surface area contributed by atoms with Gasteiger partial charge in [0, 0.05) is 23.5 Å². The standard InChI is InChI=1S/C27H25N7O2/c1-16-7-6-8-19(13-16)15-36-22-10-5-4-9-20(22)21-14-25(35)28-27-26(21)17(2)31-34(27)24-12-11-23-30-29-18(3)33(23)32-24/h4-13,21H,14-15H2,1-3H3,(H,28,35)/t21-/m0/s1. The number of ether oxygens (including phenoxy) is 1.